The van der Waals surface area contributed by atoms with Crippen LogP contribution in [0.5, 0.6) is 0 Å². The number of hydrogen-bond acceptors (Lipinski definition) is 2. The summed E-state index contributed by atoms with van der Waals surface area (Å²) in [5.74, 6) is 0.361. The summed E-state index contributed by atoms with van der Waals surface area (Å²) in [5.41, 5.74) is 1.27. The van der Waals surface area contributed by atoms with Crippen molar-refractivity contribution in [2.24, 2.45) is 5.92 Å². The highest BCUT2D eigenvalue weighted by molar-refractivity contribution is 5.80. The normalized spacial score (nSPS) is 17.6. The van der Waals surface area contributed by atoms with Crippen molar-refractivity contribution in [3.63, 3.8) is 0 Å². The lowest BCUT2D eigenvalue weighted by atomic mass is 10.0. The molecule has 0 radical (unpaired) electrons. The molecule has 0 aromatic heterocycles. The van der Waals surface area contributed by atoms with Gasteiger partial charge in [0.25, 0.3) is 0 Å². The zero-order chi connectivity index (χ0) is 11.4. The van der Waals surface area contributed by atoms with Gasteiger partial charge in [0.05, 0.1) is 5.92 Å². The van der Waals surface area contributed by atoms with Gasteiger partial charge in [-0.3, -0.25) is 4.79 Å². The molecule has 1 aliphatic heterocycles. The van der Waals surface area contributed by atoms with Crippen molar-refractivity contribution in [3.8, 4) is 0 Å². The summed E-state index contributed by atoms with van der Waals surface area (Å²) < 4.78 is 0. The standard InChI is InChI=1S/C13H18N2O/c1-10(7-11-5-3-2-4-6-11)15-13(16)12-8-14-9-12/h2-6,10,12,14H,7-9H2,1H3,(H,15,16). The fourth-order valence-corrected chi connectivity index (χ4v) is 1.85. The van der Waals surface area contributed by atoms with Crippen LogP contribution in [0.4, 0.5) is 0 Å². The molecule has 2 N–H and O–H groups in total. The van der Waals surface area contributed by atoms with Crippen LogP contribution in [0.15, 0.2) is 30.3 Å². The number of amides is 1. The molecule has 1 aromatic carbocycles. The van der Waals surface area contributed by atoms with Crippen LogP contribution in [0, 0.1) is 5.92 Å². The van der Waals surface area contributed by atoms with Crippen LogP contribution in [0.1, 0.15) is 12.5 Å². The molecule has 0 aliphatic carbocycles. The van der Waals surface area contributed by atoms with Crippen LogP contribution < -0.4 is 10.6 Å². The Balaban J connectivity index is 1.79. The Bertz CT molecular complexity index is 346. The van der Waals surface area contributed by atoms with E-state index in [1.165, 1.54) is 5.56 Å². The Labute approximate surface area is 96.2 Å². The number of nitrogens with one attached hydrogen (secondary N) is 2. The lowest BCUT2D eigenvalue weighted by Crippen LogP contribution is -2.52. The second-order valence-electron chi connectivity index (χ2n) is 4.45. The zero-order valence-corrected chi connectivity index (χ0v) is 9.57. The molecule has 1 aromatic rings. The maximum absolute atomic E-state index is 11.7. The van der Waals surface area contributed by atoms with E-state index < -0.39 is 0 Å². The van der Waals surface area contributed by atoms with Gasteiger partial charge in [0, 0.05) is 19.1 Å². The van der Waals surface area contributed by atoms with Gasteiger partial charge in [-0.25, -0.2) is 0 Å². The predicted octanol–water partition coefficient (Wildman–Crippen LogP) is 0.953. The topological polar surface area (TPSA) is 41.1 Å². The fourth-order valence-electron chi connectivity index (χ4n) is 1.85. The summed E-state index contributed by atoms with van der Waals surface area (Å²) in [7, 11) is 0. The van der Waals surface area contributed by atoms with E-state index in [9.17, 15) is 4.79 Å². The molecule has 1 saturated heterocycles. The maximum Gasteiger partial charge on any atom is 0.225 e. The third-order valence-corrected chi connectivity index (χ3v) is 2.93. The van der Waals surface area contributed by atoms with Gasteiger partial charge in [0.15, 0.2) is 0 Å². The van der Waals surface area contributed by atoms with Crippen molar-refractivity contribution in [1.82, 2.24) is 10.6 Å². The highest BCUT2D eigenvalue weighted by Crippen LogP contribution is 2.06. The van der Waals surface area contributed by atoms with Crippen molar-refractivity contribution in [2.75, 3.05) is 13.1 Å². The van der Waals surface area contributed by atoms with Gasteiger partial charge < -0.3 is 10.6 Å². The molecule has 3 heteroatoms. The lowest BCUT2D eigenvalue weighted by molar-refractivity contribution is -0.127. The van der Waals surface area contributed by atoms with Gasteiger partial charge in [0.1, 0.15) is 0 Å². The van der Waals surface area contributed by atoms with Gasteiger partial charge in [-0.1, -0.05) is 30.3 Å². The Morgan fingerprint density at radius 2 is 2.12 bits per heavy atom. The average Bonchev–Trinajstić information content (AvgIpc) is 2.15. The maximum atomic E-state index is 11.7. The monoisotopic (exact) mass is 218 g/mol. The van der Waals surface area contributed by atoms with Crippen LogP contribution in [-0.2, 0) is 11.2 Å². The van der Waals surface area contributed by atoms with Gasteiger partial charge in [-0.05, 0) is 18.9 Å². The molecular formula is C13H18N2O. The average molecular weight is 218 g/mol. The van der Waals surface area contributed by atoms with Crippen LogP contribution in [0.2, 0.25) is 0 Å². The molecule has 1 aliphatic rings. The molecule has 16 heavy (non-hydrogen) atoms. The van der Waals surface area contributed by atoms with E-state index in [1.54, 1.807) is 0 Å². The minimum Gasteiger partial charge on any atom is -0.353 e. The molecule has 0 spiro atoms. The third-order valence-electron chi connectivity index (χ3n) is 2.93. The molecule has 1 heterocycles. The highest BCUT2D eigenvalue weighted by atomic mass is 16.2. The van der Waals surface area contributed by atoms with Crippen LogP contribution in [0.3, 0.4) is 0 Å². The summed E-state index contributed by atoms with van der Waals surface area (Å²) in [5, 5.41) is 6.16. The van der Waals surface area contributed by atoms with E-state index in [0.717, 1.165) is 19.5 Å². The number of rotatable bonds is 4. The van der Waals surface area contributed by atoms with Gasteiger partial charge in [0.2, 0.25) is 5.91 Å². The molecule has 0 bridgehead atoms. The predicted molar refractivity (Wildman–Crippen MR) is 64.1 cm³/mol. The minimum absolute atomic E-state index is 0.179. The number of carbonyl (C=O) groups is 1. The first kappa shape index (κ1) is 11.1. The van der Waals surface area contributed by atoms with Crippen LogP contribution in [-0.4, -0.2) is 25.0 Å². The number of carbonyl (C=O) groups excluding carboxylic acids is 1. The molecule has 1 atom stereocenters. The molecular weight excluding hydrogens is 200 g/mol. The van der Waals surface area contributed by atoms with E-state index in [2.05, 4.69) is 29.7 Å². The molecule has 2 rings (SSSR count). The van der Waals surface area contributed by atoms with E-state index >= 15 is 0 Å². The quantitative estimate of drug-likeness (QED) is 0.790. The van der Waals surface area contributed by atoms with Crippen molar-refractivity contribution >= 4 is 5.91 Å². The summed E-state index contributed by atoms with van der Waals surface area (Å²) in [4.78, 5) is 11.7. The fraction of sp³-hybridized carbons (Fsp3) is 0.462. The van der Waals surface area contributed by atoms with E-state index in [0.29, 0.717) is 0 Å². The van der Waals surface area contributed by atoms with Crippen molar-refractivity contribution in [1.29, 1.82) is 0 Å². The minimum atomic E-state index is 0.179. The smallest absolute Gasteiger partial charge is 0.225 e. The molecule has 0 saturated carbocycles. The Morgan fingerprint density at radius 3 is 2.69 bits per heavy atom. The van der Waals surface area contributed by atoms with Gasteiger partial charge in [-0.15, -0.1) is 0 Å². The summed E-state index contributed by atoms with van der Waals surface area (Å²) in [6.45, 7) is 3.70. The Hall–Kier alpha value is -1.35. The number of benzene rings is 1. The summed E-state index contributed by atoms with van der Waals surface area (Å²) in [6.07, 6.45) is 0.896. The van der Waals surface area contributed by atoms with Crippen LogP contribution >= 0.6 is 0 Å². The molecule has 1 fully saturated rings. The second-order valence-corrected chi connectivity index (χ2v) is 4.45. The zero-order valence-electron chi connectivity index (χ0n) is 9.57. The highest BCUT2D eigenvalue weighted by Gasteiger charge is 2.25. The first-order valence-electron chi connectivity index (χ1n) is 5.80. The molecule has 3 nitrogen and oxygen atoms in total. The SMILES string of the molecule is CC(Cc1ccccc1)NC(=O)C1CNC1. The summed E-state index contributed by atoms with van der Waals surface area (Å²) >= 11 is 0. The number of hydrogen-bond donors (Lipinski definition) is 2. The third kappa shape index (κ3) is 2.83. The van der Waals surface area contributed by atoms with Crippen molar-refractivity contribution in [3.05, 3.63) is 35.9 Å². The van der Waals surface area contributed by atoms with Gasteiger partial charge >= 0.3 is 0 Å². The molecule has 86 valence electrons. The summed E-state index contributed by atoms with van der Waals surface area (Å²) in [6, 6.07) is 10.4. The van der Waals surface area contributed by atoms with Crippen LogP contribution in [0.25, 0.3) is 0 Å². The largest absolute Gasteiger partial charge is 0.353 e. The first-order valence-corrected chi connectivity index (χ1v) is 5.80. The Morgan fingerprint density at radius 1 is 1.44 bits per heavy atom. The van der Waals surface area contributed by atoms with Crippen molar-refractivity contribution < 1.29 is 4.79 Å². The van der Waals surface area contributed by atoms with E-state index in [4.69, 9.17) is 0 Å². The lowest BCUT2D eigenvalue weighted by Gasteiger charge is -2.27. The molecule has 1 amide bonds. The first-order chi connectivity index (χ1) is 7.75. The molecule has 1 unspecified atom stereocenters. The van der Waals surface area contributed by atoms with Crippen molar-refractivity contribution in [2.45, 2.75) is 19.4 Å². The van der Waals surface area contributed by atoms with E-state index in [1.807, 2.05) is 18.2 Å². The van der Waals surface area contributed by atoms with E-state index in [-0.39, 0.29) is 17.9 Å². The van der Waals surface area contributed by atoms with Gasteiger partial charge in [-0.2, -0.15) is 0 Å². The second kappa shape index (κ2) is 5.12. The Kier molecular flexibility index (Phi) is 3.57.